The zero-order chi connectivity index (χ0) is 18.4. The van der Waals surface area contributed by atoms with Crippen LogP contribution >= 0.6 is 34.4 Å². The standard InChI is InChI=1S/C17H19BFIN2O2S/c1-16(2)17(3,4)24-18(23-16)10-5-6-12(11(19)9-10)25-13-7-8-22-15(21)14(13)20/h5-9H,1-4H3,(H2,21,22). The first-order chi connectivity index (χ1) is 11.6. The molecule has 1 fully saturated rings. The predicted molar refractivity (Wildman–Crippen MR) is 108 cm³/mol. The summed E-state index contributed by atoms with van der Waals surface area (Å²) in [6.45, 7) is 7.90. The van der Waals surface area contributed by atoms with Crippen molar-refractivity contribution in [3.63, 3.8) is 0 Å². The highest BCUT2D eigenvalue weighted by atomic mass is 127. The molecule has 0 spiro atoms. The third-order valence-electron chi connectivity index (χ3n) is 4.58. The fourth-order valence-electron chi connectivity index (χ4n) is 2.36. The molecule has 1 aromatic heterocycles. The summed E-state index contributed by atoms with van der Waals surface area (Å²) in [5.74, 6) is 0.128. The Morgan fingerprint density at radius 3 is 2.36 bits per heavy atom. The van der Waals surface area contributed by atoms with E-state index in [1.165, 1.54) is 17.8 Å². The van der Waals surface area contributed by atoms with Crippen molar-refractivity contribution in [2.24, 2.45) is 0 Å². The van der Waals surface area contributed by atoms with Crippen molar-refractivity contribution in [1.82, 2.24) is 4.98 Å². The van der Waals surface area contributed by atoms with E-state index in [-0.39, 0.29) is 5.82 Å². The van der Waals surface area contributed by atoms with Crippen LogP contribution < -0.4 is 11.2 Å². The van der Waals surface area contributed by atoms with Crippen LogP contribution in [0.15, 0.2) is 40.3 Å². The number of halogens is 2. The lowest BCUT2D eigenvalue weighted by Gasteiger charge is -2.32. The molecule has 0 aliphatic carbocycles. The molecule has 132 valence electrons. The number of pyridine rings is 1. The summed E-state index contributed by atoms with van der Waals surface area (Å²) in [4.78, 5) is 5.42. The lowest BCUT2D eigenvalue weighted by atomic mass is 9.79. The Balaban J connectivity index is 1.84. The molecule has 0 amide bonds. The summed E-state index contributed by atoms with van der Waals surface area (Å²) in [6, 6.07) is 6.88. The molecule has 8 heteroatoms. The topological polar surface area (TPSA) is 57.4 Å². The van der Waals surface area contributed by atoms with E-state index < -0.39 is 18.3 Å². The van der Waals surface area contributed by atoms with Crippen molar-refractivity contribution in [2.45, 2.75) is 48.7 Å². The minimum Gasteiger partial charge on any atom is -0.399 e. The monoisotopic (exact) mass is 472 g/mol. The molecule has 0 saturated carbocycles. The van der Waals surface area contributed by atoms with Gasteiger partial charge in [-0.2, -0.15) is 0 Å². The van der Waals surface area contributed by atoms with E-state index in [4.69, 9.17) is 15.0 Å². The quantitative estimate of drug-likeness (QED) is 0.544. The predicted octanol–water partition coefficient (Wildman–Crippen LogP) is 3.86. The van der Waals surface area contributed by atoms with Crippen molar-refractivity contribution >= 4 is 52.8 Å². The van der Waals surface area contributed by atoms with Gasteiger partial charge in [0.2, 0.25) is 0 Å². The second-order valence-electron chi connectivity index (χ2n) is 6.89. The van der Waals surface area contributed by atoms with E-state index >= 15 is 0 Å². The van der Waals surface area contributed by atoms with Crippen LogP contribution in [0.1, 0.15) is 27.7 Å². The minimum atomic E-state index is -0.574. The van der Waals surface area contributed by atoms with Crippen LogP contribution in [0.2, 0.25) is 0 Å². The number of nitrogens with zero attached hydrogens (tertiary/aromatic N) is 1. The molecule has 2 N–H and O–H groups in total. The minimum absolute atomic E-state index is 0.316. The maximum atomic E-state index is 14.6. The molecule has 2 heterocycles. The van der Waals surface area contributed by atoms with Gasteiger partial charge < -0.3 is 15.0 Å². The van der Waals surface area contributed by atoms with Crippen LogP contribution in [-0.4, -0.2) is 23.3 Å². The molecule has 1 aliphatic heterocycles. The van der Waals surface area contributed by atoms with Gasteiger partial charge in [0.05, 0.1) is 14.8 Å². The largest absolute Gasteiger partial charge is 0.494 e. The molecule has 3 rings (SSSR count). The van der Waals surface area contributed by atoms with Crippen molar-refractivity contribution < 1.29 is 13.7 Å². The molecular formula is C17H19BFIN2O2S. The zero-order valence-corrected chi connectivity index (χ0v) is 17.4. The molecule has 4 nitrogen and oxygen atoms in total. The van der Waals surface area contributed by atoms with Gasteiger partial charge in [0, 0.05) is 16.0 Å². The number of nitrogen functional groups attached to an aromatic ring is 1. The van der Waals surface area contributed by atoms with Crippen LogP contribution in [0, 0.1) is 9.39 Å². The average Bonchev–Trinajstić information content (AvgIpc) is 2.74. The molecule has 1 aliphatic rings. The third kappa shape index (κ3) is 3.67. The Hall–Kier alpha value is -0.835. The first-order valence-electron chi connectivity index (χ1n) is 7.84. The first-order valence-corrected chi connectivity index (χ1v) is 9.73. The highest BCUT2D eigenvalue weighted by molar-refractivity contribution is 14.1. The molecule has 0 unspecified atom stereocenters. The molecule has 25 heavy (non-hydrogen) atoms. The van der Waals surface area contributed by atoms with Crippen LogP contribution in [0.25, 0.3) is 0 Å². The van der Waals surface area contributed by atoms with Gasteiger partial charge in [0.1, 0.15) is 11.6 Å². The summed E-state index contributed by atoms with van der Waals surface area (Å²) in [5, 5.41) is 0. The van der Waals surface area contributed by atoms with Crippen LogP contribution in [0.4, 0.5) is 10.2 Å². The van der Waals surface area contributed by atoms with Crippen molar-refractivity contribution in [3.05, 3.63) is 39.8 Å². The van der Waals surface area contributed by atoms with E-state index in [0.717, 1.165) is 8.47 Å². The number of aromatic nitrogens is 1. The van der Waals surface area contributed by atoms with Gasteiger partial charge in [-0.1, -0.05) is 17.8 Å². The fourth-order valence-corrected chi connectivity index (χ4v) is 3.87. The van der Waals surface area contributed by atoms with E-state index in [0.29, 0.717) is 16.2 Å². The van der Waals surface area contributed by atoms with Crippen molar-refractivity contribution in [1.29, 1.82) is 0 Å². The summed E-state index contributed by atoms with van der Waals surface area (Å²) in [7, 11) is -0.574. The zero-order valence-electron chi connectivity index (χ0n) is 14.5. The molecule has 2 aromatic rings. The molecule has 1 saturated heterocycles. The SMILES string of the molecule is CC1(C)OB(c2ccc(Sc3ccnc(N)c3I)c(F)c2)OC1(C)C. The first kappa shape index (κ1) is 18.9. The normalized spacial score (nSPS) is 18.6. The second kappa shape index (κ2) is 6.72. The van der Waals surface area contributed by atoms with Crippen LogP contribution in [0.3, 0.4) is 0 Å². The van der Waals surface area contributed by atoms with Crippen molar-refractivity contribution in [3.8, 4) is 0 Å². The fraction of sp³-hybridized carbons (Fsp3) is 0.353. The molecule has 0 radical (unpaired) electrons. The summed E-state index contributed by atoms with van der Waals surface area (Å²) >= 11 is 3.44. The molecule has 0 atom stereocenters. The number of hydrogen-bond acceptors (Lipinski definition) is 5. The Kier molecular flexibility index (Phi) is 5.09. The Morgan fingerprint density at radius 1 is 1.12 bits per heavy atom. The maximum absolute atomic E-state index is 14.6. The van der Waals surface area contributed by atoms with Gasteiger partial charge in [-0.05, 0) is 73.9 Å². The highest BCUT2D eigenvalue weighted by Crippen LogP contribution is 2.37. The lowest BCUT2D eigenvalue weighted by molar-refractivity contribution is 0.00578. The van der Waals surface area contributed by atoms with E-state index in [1.807, 2.05) is 39.8 Å². The summed E-state index contributed by atoms with van der Waals surface area (Å²) < 4.78 is 27.4. The number of anilines is 1. The second-order valence-corrected chi connectivity index (χ2v) is 9.05. The third-order valence-corrected chi connectivity index (χ3v) is 7.19. The van der Waals surface area contributed by atoms with Crippen LogP contribution in [0.5, 0.6) is 0 Å². The smallest absolute Gasteiger partial charge is 0.399 e. The Morgan fingerprint density at radius 2 is 1.76 bits per heavy atom. The van der Waals surface area contributed by atoms with Gasteiger partial charge in [-0.3, -0.25) is 0 Å². The van der Waals surface area contributed by atoms with Gasteiger partial charge in [0.25, 0.3) is 0 Å². The van der Waals surface area contributed by atoms with Crippen molar-refractivity contribution in [2.75, 3.05) is 5.73 Å². The van der Waals surface area contributed by atoms with Gasteiger partial charge in [-0.15, -0.1) is 0 Å². The Bertz CT molecular complexity index is 803. The molecule has 1 aromatic carbocycles. The van der Waals surface area contributed by atoms with E-state index in [2.05, 4.69) is 27.6 Å². The Labute approximate surface area is 165 Å². The number of rotatable bonds is 3. The highest BCUT2D eigenvalue weighted by Gasteiger charge is 2.51. The van der Waals surface area contributed by atoms with Crippen LogP contribution in [-0.2, 0) is 9.31 Å². The van der Waals surface area contributed by atoms with E-state index in [1.54, 1.807) is 12.3 Å². The summed E-state index contributed by atoms with van der Waals surface area (Å²) in [5.41, 5.74) is 5.58. The molecule has 0 bridgehead atoms. The number of hydrogen-bond donors (Lipinski definition) is 1. The maximum Gasteiger partial charge on any atom is 0.494 e. The number of benzene rings is 1. The van der Waals surface area contributed by atoms with Gasteiger partial charge in [0.15, 0.2) is 0 Å². The lowest BCUT2D eigenvalue weighted by Crippen LogP contribution is -2.41. The van der Waals surface area contributed by atoms with E-state index in [9.17, 15) is 4.39 Å². The molecular weight excluding hydrogens is 453 g/mol. The number of nitrogens with two attached hydrogens (primary N) is 1. The van der Waals surface area contributed by atoms with Gasteiger partial charge >= 0.3 is 7.12 Å². The average molecular weight is 472 g/mol. The van der Waals surface area contributed by atoms with Gasteiger partial charge in [-0.25, -0.2) is 9.37 Å². The summed E-state index contributed by atoms with van der Waals surface area (Å²) in [6.07, 6.45) is 1.62.